The van der Waals surface area contributed by atoms with Gasteiger partial charge < -0.3 is 19.3 Å². The summed E-state index contributed by atoms with van der Waals surface area (Å²) in [5.41, 5.74) is 0.978. The van der Waals surface area contributed by atoms with Crippen LogP contribution >= 0.6 is 0 Å². The third-order valence-electron chi connectivity index (χ3n) is 3.39. The van der Waals surface area contributed by atoms with Gasteiger partial charge in [0.05, 0.1) is 6.26 Å². The van der Waals surface area contributed by atoms with E-state index in [4.69, 9.17) is 8.83 Å². The smallest absolute Gasteiger partial charge is 0.287 e. The molecule has 2 aromatic rings. The van der Waals surface area contributed by atoms with Crippen molar-refractivity contribution in [3.8, 4) is 0 Å². The molecule has 0 bridgehead atoms. The van der Waals surface area contributed by atoms with Crippen LogP contribution in [0.25, 0.3) is 0 Å². The third kappa shape index (κ3) is 3.76. The van der Waals surface area contributed by atoms with Gasteiger partial charge in [-0.3, -0.25) is 4.79 Å². The SMILES string of the molecule is CCc1oc(C(=O)N[C@@H](C)C[C@@H](O)c2ccco2)cc1C. The summed E-state index contributed by atoms with van der Waals surface area (Å²) in [6.07, 6.45) is 1.91. The Balaban J connectivity index is 1.92. The second kappa shape index (κ2) is 6.63. The van der Waals surface area contributed by atoms with E-state index >= 15 is 0 Å². The molecule has 0 saturated carbocycles. The number of aliphatic hydroxyl groups excluding tert-OH is 1. The topological polar surface area (TPSA) is 75.6 Å². The van der Waals surface area contributed by atoms with Crippen molar-refractivity contribution in [3.63, 3.8) is 0 Å². The molecule has 0 aromatic carbocycles. The van der Waals surface area contributed by atoms with Crippen LogP contribution < -0.4 is 5.32 Å². The summed E-state index contributed by atoms with van der Waals surface area (Å²) < 4.78 is 10.6. The maximum absolute atomic E-state index is 12.1. The van der Waals surface area contributed by atoms with Crippen LogP contribution in [0.1, 0.15) is 54.0 Å². The molecule has 0 radical (unpaired) electrons. The highest BCUT2D eigenvalue weighted by Gasteiger charge is 2.19. The number of carbonyl (C=O) groups is 1. The van der Waals surface area contributed by atoms with Crippen LogP contribution in [0.3, 0.4) is 0 Å². The zero-order valence-electron chi connectivity index (χ0n) is 12.6. The molecular formula is C16H21NO4. The van der Waals surface area contributed by atoms with Crippen molar-refractivity contribution in [1.82, 2.24) is 5.32 Å². The molecule has 0 unspecified atom stereocenters. The van der Waals surface area contributed by atoms with Crippen molar-refractivity contribution in [2.75, 3.05) is 0 Å². The molecule has 0 spiro atoms. The largest absolute Gasteiger partial charge is 0.467 e. The van der Waals surface area contributed by atoms with E-state index < -0.39 is 6.10 Å². The second-order valence-corrected chi connectivity index (χ2v) is 5.21. The van der Waals surface area contributed by atoms with Crippen molar-refractivity contribution in [2.45, 2.75) is 45.8 Å². The lowest BCUT2D eigenvalue weighted by atomic mass is 10.1. The molecule has 2 atom stereocenters. The van der Waals surface area contributed by atoms with Gasteiger partial charge in [-0.15, -0.1) is 0 Å². The van der Waals surface area contributed by atoms with Crippen molar-refractivity contribution in [3.05, 3.63) is 47.3 Å². The van der Waals surface area contributed by atoms with E-state index in [0.717, 1.165) is 17.7 Å². The Kier molecular flexibility index (Phi) is 4.85. The van der Waals surface area contributed by atoms with Gasteiger partial charge in [0.25, 0.3) is 5.91 Å². The summed E-state index contributed by atoms with van der Waals surface area (Å²) in [6, 6.07) is 4.97. The number of carbonyl (C=O) groups excluding carboxylic acids is 1. The van der Waals surface area contributed by atoms with Gasteiger partial charge in [0.15, 0.2) is 5.76 Å². The van der Waals surface area contributed by atoms with Gasteiger partial charge in [-0.1, -0.05) is 6.92 Å². The molecule has 114 valence electrons. The van der Waals surface area contributed by atoms with Crippen LogP contribution in [0.4, 0.5) is 0 Å². The standard InChI is InChI=1S/C16H21NO4/c1-4-13-10(2)8-15(21-13)16(19)17-11(3)9-12(18)14-6-5-7-20-14/h5-8,11-12,18H,4,9H2,1-3H3,(H,17,19)/t11-,12+/m0/s1. The highest BCUT2D eigenvalue weighted by molar-refractivity contribution is 5.91. The fraction of sp³-hybridized carbons (Fsp3) is 0.438. The number of furan rings is 2. The van der Waals surface area contributed by atoms with E-state index in [1.165, 1.54) is 6.26 Å². The zero-order valence-corrected chi connectivity index (χ0v) is 12.6. The average molecular weight is 291 g/mol. The van der Waals surface area contributed by atoms with Crippen LogP contribution in [-0.4, -0.2) is 17.1 Å². The maximum Gasteiger partial charge on any atom is 0.287 e. The minimum absolute atomic E-state index is 0.201. The molecule has 0 aliphatic carbocycles. The molecule has 2 N–H and O–H groups in total. The zero-order chi connectivity index (χ0) is 15.4. The molecule has 5 nitrogen and oxygen atoms in total. The van der Waals surface area contributed by atoms with Gasteiger partial charge >= 0.3 is 0 Å². The minimum atomic E-state index is -0.736. The lowest BCUT2D eigenvalue weighted by Crippen LogP contribution is -2.33. The van der Waals surface area contributed by atoms with Crippen molar-refractivity contribution >= 4 is 5.91 Å². The molecule has 21 heavy (non-hydrogen) atoms. The van der Waals surface area contributed by atoms with Crippen molar-refractivity contribution < 1.29 is 18.7 Å². The molecule has 0 aliphatic rings. The van der Waals surface area contributed by atoms with Gasteiger partial charge in [-0.25, -0.2) is 0 Å². The highest BCUT2D eigenvalue weighted by atomic mass is 16.4. The number of nitrogens with one attached hydrogen (secondary N) is 1. The minimum Gasteiger partial charge on any atom is -0.467 e. The summed E-state index contributed by atoms with van der Waals surface area (Å²) >= 11 is 0. The molecule has 0 aliphatic heterocycles. The van der Waals surface area contributed by atoms with Crippen LogP contribution in [0, 0.1) is 6.92 Å². The maximum atomic E-state index is 12.1. The average Bonchev–Trinajstić information content (AvgIpc) is 3.07. The quantitative estimate of drug-likeness (QED) is 0.858. The Morgan fingerprint density at radius 1 is 1.48 bits per heavy atom. The fourth-order valence-corrected chi connectivity index (χ4v) is 2.27. The van der Waals surface area contributed by atoms with Crippen molar-refractivity contribution in [1.29, 1.82) is 0 Å². The Morgan fingerprint density at radius 2 is 2.24 bits per heavy atom. The van der Waals surface area contributed by atoms with E-state index in [9.17, 15) is 9.90 Å². The van der Waals surface area contributed by atoms with Crippen LogP contribution in [0.15, 0.2) is 33.3 Å². The molecule has 5 heteroatoms. The second-order valence-electron chi connectivity index (χ2n) is 5.21. The first-order valence-corrected chi connectivity index (χ1v) is 7.12. The normalized spacial score (nSPS) is 13.9. The third-order valence-corrected chi connectivity index (χ3v) is 3.39. The summed E-state index contributed by atoms with van der Waals surface area (Å²) in [5.74, 6) is 1.36. The Labute approximate surface area is 124 Å². The number of hydrogen-bond donors (Lipinski definition) is 2. The van der Waals surface area contributed by atoms with Gasteiger partial charge in [-0.05, 0) is 37.6 Å². The predicted molar refractivity (Wildman–Crippen MR) is 78.0 cm³/mol. The van der Waals surface area contributed by atoms with Gasteiger partial charge in [0, 0.05) is 18.9 Å². The van der Waals surface area contributed by atoms with Crippen LogP contribution in [0.2, 0.25) is 0 Å². The van der Waals surface area contributed by atoms with E-state index in [1.54, 1.807) is 18.2 Å². The summed E-state index contributed by atoms with van der Waals surface area (Å²) in [7, 11) is 0. The van der Waals surface area contributed by atoms with E-state index in [2.05, 4.69) is 5.32 Å². The molecule has 0 fully saturated rings. The molecule has 0 saturated heterocycles. The van der Waals surface area contributed by atoms with E-state index in [1.807, 2.05) is 20.8 Å². The Hall–Kier alpha value is -2.01. The summed E-state index contributed by atoms with van der Waals surface area (Å²) in [5, 5.41) is 12.8. The number of aryl methyl sites for hydroxylation is 2. The Bertz CT molecular complexity index is 585. The fourth-order valence-electron chi connectivity index (χ4n) is 2.27. The molecule has 2 aromatic heterocycles. The van der Waals surface area contributed by atoms with Gasteiger partial charge in [-0.2, -0.15) is 0 Å². The molecule has 2 heterocycles. The first-order chi connectivity index (χ1) is 10.0. The highest BCUT2D eigenvalue weighted by Crippen LogP contribution is 2.19. The van der Waals surface area contributed by atoms with Crippen molar-refractivity contribution in [2.24, 2.45) is 0 Å². The Morgan fingerprint density at radius 3 is 2.81 bits per heavy atom. The van der Waals surface area contributed by atoms with Crippen LogP contribution in [0.5, 0.6) is 0 Å². The first kappa shape index (κ1) is 15.4. The van der Waals surface area contributed by atoms with E-state index in [-0.39, 0.29) is 11.9 Å². The van der Waals surface area contributed by atoms with Gasteiger partial charge in [0.1, 0.15) is 17.6 Å². The number of rotatable bonds is 6. The molecule has 1 amide bonds. The lowest BCUT2D eigenvalue weighted by molar-refractivity contribution is 0.0875. The summed E-state index contributed by atoms with van der Waals surface area (Å²) in [6.45, 7) is 5.74. The molecule has 2 rings (SSSR count). The van der Waals surface area contributed by atoms with E-state index in [0.29, 0.717) is 17.9 Å². The van der Waals surface area contributed by atoms with Crippen LogP contribution in [-0.2, 0) is 6.42 Å². The number of amides is 1. The first-order valence-electron chi connectivity index (χ1n) is 7.12. The monoisotopic (exact) mass is 291 g/mol. The predicted octanol–water partition coefficient (Wildman–Crippen LogP) is 2.99. The summed E-state index contributed by atoms with van der Waals surface area (Å²) in [4.78, 5) is 12.1. The number of hydrogen-bond acceptors (Lipinski definition) is 4. The lowest BCUT2D eigenvalue weighted by Gasteiger charge is -2.15. The van der Waals surface area contributed by atoms with Gasteiger partial charge in [0.2, 0.25) is 0 Å². The number of aliphatic hydroxyl groups is 1. The molecular weight excluding hydrogens is 270 g/mol.